The lowest BCUT2D eigenvalue weighted by atomic mass is 10.8. The molecule has 0 aliphatic heterocycles. The van der Waals surface area contributed by atoms with E-state index in [-0.39, 0.29) is 11.5 Å². The van der Waals surface area contributed by atoms with Crippen molar-refractivity contribution in [1.29, 1.82) is 0 Å². The van der Waals surface area contributed by atoms with Crippen molar-refractivity contribution in [2.45, 2.75) is 0 Å². The van der Waals surface area contributed by atoms with Crippen LogP contribution in [0.25, 0.3) is 0 Å². The Hall–Kier alpha value is -0.570. The molecule has 9 heavy (non-hydrogen) atoms. The fraction of sp³-hybridized carbons (Fsp3) is 0.333. The summed E-state index contributed by atoms with van der Waals surface area (Å²) < 4.78 is 21.4. The van der Waals surface area contributed by atoms with E-state index in [9.17, 15) is 8.42 Å². The molecule has 0 aliphatic carbocycles. The first-order chi connectivity index (χ1) is 4.12. The number of rotatable bonds is 4. The molecule has 0 unspecified atom stereocenters. The van der Waals surface area contributed by atoms with Gasteiger partial charge in [0.05, 0.1) is 11.5 Å². The summed E-state index contributed by atoms with van der Waals surface area (Å²) >= 11 is 0. The molecular weight excluding hydrogens is 138 g/mol. The first-order valence-electron chi connectivity index (χ1n) is 2.54. The van der Waals surface area contributed by atoms with E-state index in [1.165, 1.54) is 12.2 Å². The molecule has 0 radical (unpaired) electrons. The van der Waals surface area contributed by atoms with Crippen LogP contribution >= 0.6 is 0 Å². The summed E-state index contributed by atoms with van der Waals surface area (Å²) in [7, 11) is -2.92. The highest BCUT2D eigenvalue weighted by Crippen LogP contribution is 1.89. The highest BCUT2D eigenvalue weighted by atomic mass is 32.2. The van der Waals surface area contributed by atoms with E-state index in [2.05, 4.69) is 13.2 Å². The molecule has 0 N–H and O–H groups in total. The molecular formula is C6H10O2S. The van der Waals surface area contributed by atoms with Crippen LogP contribution in [-0.2, 0) is 9.84 Å². The lowest BCUT2D eigenvalue weighted by molar-refractivity contribution is 0.602. The number of hydrogen-bond acceptors (Lipinski definition) is 2. The van der Waals surface area contributed by atoms with Crippen LogP contribution in [-0.4, -0.2) is 19.9 Å². The van der Waals surface area contributed by atoms with Gasteiger partial charge in [-0.15, -0.1) is 13.2 Å². The predicted molar refractivity (Wildman–Crippen MR) is 39.0 cm³/mol. The Morgan fingerprint density at radius 3 is 2.33 bits per heavy atom. The zero-order chi connectivity index (χ0) is 7.33. The highest BCUT2D eigenvalue weighted by Gasteiger charge is 2.02. The molecule has 0 spiro atoms. The quantitative estimate of drug-likeness (QED) is 0.552. The molecule has 0 amide bonds. The van der Waals surface area contributed by atoms with Gasteiger partial charge in [-0.1, -0.05) is 12.2 Å². The predicted octanol–water partition coefficient (Wildman–Crippen LogP) is 0.773. The van der Waals surface area contributed by atoms with Gasteiger partial charge in [-0.2, -0.15) is 0 Å². The van der Waals surface area contributed by atoms with Gasteiger partial charge in [0.25, 0.3) is 0 Å². The molecule has 0 rings (SSSR count). The van der Waals surface area contributed by atoms with Crippen LogP contribution in [0.5, 0.6) is 0 Å². The van der Waals surface area contributed by atoms with Gasteiger partial charge in [0.1, 0.15) is 0 Å². The average Bonchev–Trinajstić information content (AvgIpc) is 1.64. The van der Waals surface area contributed by atoms with Crippen molar-refractivity contribution in [3.63, 3.8) is 0 Å². The van der Waals surface area contributed by atoms with Crippen molar-refractivity contribution in [2.75, 3.05) is 11.5 Å². The minimum atomic E-state index is -2.92. The Bertz CT molecular complexity index is 173. The maximum atomic E-state index is 10.7. The Morgan fingerprint density at radius 1 is 1.44 bits per heavy atom. The van der Waals surface area contributed by atoms with Crippen molar-refractivity contribution < 1.29 is 8.42 Å². The van der Waals surface area contributed by atoms with Crippen LogP contribution in [0.3, 0.4) is 0 Å². The van der Waals surface area contributed by atoms with E-state index >= 15 is 0 Å². The Balaban J connectivity index is 4.03. The van der Waals surface area contributed by atoms with Crippen molar-refractivity contribution in [2.24, 2.45) is 0 Å². The molecule has 0 aromatic heterocycles. The zero-order valence-electron chi connectivity index (χ0n) is 5.21. The van der Waals surface area contributed by atoms with Crippen LogP contribution in [0.2, 0.25) is 0 Å². The molecule has 0 atom stereocenters. The molecule has 0 bridgehead atoms. The standard InChI is InChI=1S/C6H10O2S/c1-3-5-9(7,8)6-4-2/h3-4H,1-2,5-6H2/i5+2. The third kappa shape index (κ3) is 3.97. The molecule has 0 saturated heterocycles. The molecule has 0 aromatic rings. The Morgan fingerprint density at radius 2 is 2.00 bits per heavy atom. The molecule has 0 heterocycles. The summed E-state index contributed by atoms with van der Waals surface area (Å²) in [6.07, 6.45) is 2.75. The summed E-state index contributed by atoms with van der Waals surface area (Å²) in [6, 6.07) is 0. The van der Waals surface area contributed by atoms with E-state index in [1.807, 2.05) is 0 Å². The molecule has 3 heteroatoms. The van der Waals surface area contributed by atoms with Gasteiger partial charge in [0, 0.05) is 0 Å². The van der Waals surface area contributed by atoms with Crippen molar-refractivity contribution in [1.82, 2.24) is 0 Å². The van der Waals surface area contributed by atoms with Crippen LogP contribution in [0.1, 0.15) is 0 Å². The number of hydrogen-bond donors (Lipinski definition) is 0. The molecule has 2 nitrogen and oxygen atoms in total. The third-order valence-corrected chi connectivity index (χ3v) is 2.23. The fourth-order valence-electron chi connectivity index (χ4n) is 0.427. The summed E-state index contributed by atoms with van der Waals surface area (Å²) in [5, 5.41) is 0. The highest BCUT2D eigenvalue weighted by molar-refractivity contribution is 7.91. The fourth-order valence-corrected chi connectivity index (χ4v) is 1.28. The lowest BCUT2D eigenvalue weighted by Crippen LogP contribution is -2.06. The smallest absolute Gasteiger partial charge is 0.157 e. The SMILES string of the molecule is C=CCS(=O)(=O)[14CH2]C=C. The minimum absolute atomic E-state index is 0.0407. The first kappa shape index (κ1) is 8.43. The third-order valence-electron chi connectivity index (χ3n) is 0.744. The summed E-state index contributed by atoms with van der Waals surface area (Å²) in [4.78, 5) is 0. The van der Waals surface area contributed by atoms with Crippen molar-refractivity contribution in [3.8, 4) is 0 Å². The van der Waals surface area contributed by atoms with Gasteiger partial charge in [0.2, 0.25) is 0 Å². The number of sulfone groups is 1. The lowest BCUT2D eigenvalue weighted by Gasteiger charge is -1.92. The van der Waals surface area contributed by atoms with Gasteiger partial charge < -0.3 is 0 Å². The monoisotopic (exact) mass is 148 g/mol. The van der Waals surface area contributed by atoms with E-state index in [0.717, 1.165) is 0 Å². The van der Waals surface area contributed by atoms with Crippen LogP contribution in [0.4, 0.5) is 0 Å². The summed E-state index contributed by atoms with van der Waals surface area (Å²) in [5.41, 5.74) is 0. The van der Waals surface area contributed by atoms with Gasteiger partial charge >= 0.3 is 0 Å². The summed E-state index contributed by atoms with van der Waals surface area (Å²) in [6.45, 7) is 6.63. The largest absolute Gasteiger partial charge is 0.228 e. The van der Waals surface area contributed by atoms with Crippen LogP contribution in [0, 0.1) is 0 Å². The second-order valence-corrected chi connectivity index (χ2v) is 3.81. The maximum Gasteiger partial charge on any atom is 0.157 e. The van der Waals surface area contributed by atoms with E-state index in [0.29, 0.717) is 0 Å². The molecule has 0 aromatic carbocycles. The maximum absolute atomic E-state index is 10.7. The van der Waals surface area contributed by atoms with E-state index in [1.54, 1.807) is 0 Å². The normalized spacial score (nSPS) is 10.7. The molecule has 0 saturated carbocycles. The van der Waals surface area contributed by atoms with Gasteiger partial charge in [0.15, 0.2) is 9.84 Å². The van der Waals surface area contributed by atoms with Crippen LogP contribution in [0.15, 0.2) is 25.3 Å². The molecule has 52 valence electrons. The van der Waals surface area contributed by atoms with E-state index < -0.39 is 9.84 Å². The Labute approximate surface area is 55.8 Å². The van der Waals surface area contributed by atoms with Gasteiger partial charge in [-0.25, -0.2) is 8.42 Å². The second kappa shape index (κ2) is 3.45. The average molecular weight is 148 g/mol. The van der Waals surface area contributed by atoms with Gasteiger partial charge in [-0.05, 0) is 0 Å². The Kier molecular flexibility index (Phi) is 3.24. The van der Waals surface area contributed by atoms with Gasteiger partial charge in [-0.3, -0.25) is 0 Å². The van der Waals surface area contributed by atoms with Crippen LogP contribution < -0.4 is 0 Å². The topological polar surface area (TPSA) is 34.1 Å². The molecule has 0 fully saturated rings. The van der Waals surface area contributed by atoms with Crippen molar-refractivity contribution >= 4 is 9.84 Å². The van der Waals surface area contributed by atoms with Crippen molar-refractivity contribution in [3.05, 3.63) is 25.3 Å². The van der Waals surface area contributed by atoms with E-state index in [4.69, 9.17) is 0 Å². The second-order valence-electron chi connectivity index (χ2n) is 1.65. The zero-order valence-corrected chi connectivity index (χ0v) is 6.02. The summed E-state index contributed by atoms with van der Waals surface area (Å²) in [5.74, 6) is 0.0814. The first-order valence-corrected chi connectivity index (χ1v) is 4.37. The molecule has 0 aliphatic rings. The minimum Gasteiger partial charge on any atom is -0.228 e.